The molecule has 2 atom stereocenters. The highest BCUT2D eigenvalue weighted by Gasteiger charge is 2.46. The molecule has 3 nitrogen and oxygen atoms in total. The third-order valence-corrected chi connectivity index (χ3v) is 6.56. The van der Waals surface area contributed by atoms with Gasteiger partial charge in [0, 0.05) is 21.3 Å². The van der Waals surface area contributed by atoms with Crippen molar-refractivity contribution < 1.29 is 27.2 Å². The van der Waals surface area contributed by atoms with Crippen molar-refractivity contribution in [1.82, 2.24) is 0 Å². The van der Waals surface area contributed by atoms with Crippen LogP contribution in [0.15, 0.2) is 24.3 Å². The van der Waals surface area contributed by atoms with Crippen LogP contribution in [0, 0.1) is 0 Å². The van der Waals surface area contributed by atoms with Crippen molar-refractivity contribution >= 4 is 10.8 Å². The van der Waals surface area contributed by atoms with Crippen LogP contribution in [0.2, 0.25) is 0 Å². The highest BCUT2D eigenvalue weighted by Crippen LogP contribution is 2.45. The molecular formula is C15H17F3O3S. The minimum atomic E-state index is -4.76. The first-order valence-electron chi connectivity index (χ1n) is 7.25. The summed E-state index contributed by atoms with van der Waals surface area (Å²) in [6, 6.07) is 5.49. The third-order valence-electron chi connectivity index (χ3n) is 4.44. The SMILES string of the molecule is O=S1C2CCCC1CC(O)(c1cccc(OC(F)(F)F)c1)C2. The first kappa shape index (κ1) is 15.8. The number of fused-ring (bicyclic) bond motifs is 2. The van der Waals surface area contributed by atoms with Crippen LogP contribution in [0.1, 0.15) is 37.7 Å². The molecule has 0 aliphatic carbocycles. The summed E-state index contributed by atoms with van der Waals surface area (Å²) in [6.45, 7) is 0. The molecule has 3 rings (SSSR count). The molecule has 0 radical (unpaired) electrons. The number of hydrogen-bond acceptors (Lipinski definition) is 3. The lowest BCUT2D eigenvalue weighted by Crippen LogP contribution is -2.47. The van der Waals surface area contributed by atoms with Gasteiger partial charge in [-0.1, -0.05) is 18.6 Å². The molecule has 7 heteroatoms. The van der Waals surface area contributed by atoms with Crippen LogP contribution in [0.3, 0.4) is 0 Å². The van der Waals surface area contributed by atoms with Crippen molar-refractivity contribution in [3.63, 3.8) is 0 Å². The topological polar surface area (TPSA) is 46.5 Å². The molecule has 0 amide bonds. The Morgan fingerprint density at radius 3 is 2.45 bits per heavy atom. The van der Waals surface area contributed by atoms with Gasteiger partial charge in [0.2, 0.25) is 0 Å². The van der Waals surface area contributed by atoms with E-state index in [2.05, 4.69) is 4.74 Å². The molecule has 1 aromatic carbocycles. The van der Waals surface area contributed by atoms with Crippen LogP contribution in [0.25, 0.3) is 0 Å². The van der Waals surface area contributed by atoms with Crippen molar-refractivity contribution in [1.29, 1.82) is 0 Å². The second-order valence-corrected chi connectivity index (χ2v) is 8.01. The van der Waals surface area contributed by atoms with E-state index in [4.69, 9.17) is 0 Å². The molecular weight excluding hydrogens is 317 g/mol. The highest BCUT2D eigenvalue weighted by molar-refractivity contribution is 7.86. The van der Waals surface area contributed by atoms with Gasteiger partial charge in [-0.15, -0.1) is 13.2 Å². The van der Waals surface area contributed by atoms with Crippen LogP contribution >= 0.6 is 0 Å². The zero-order chi connectivity index (χ0) is 16.0. The fourth-order valence-electron chi connectivity index (χ4n) is 3.50. The number of aliphatic hydroxyl groups is 1. The van der Waals surface area contributed by atoms with E-state index in [1.54, 1.807) is 6.07 Å². The third kappa shape index (κ3) is 3.15. The molecule has 1 aromatic rings. The van der Waals surface area contributed by atoms with Gasteiger partial charge >= 0.3 is 6.36 Å². The number of rotatable bonds is 2. The quantitative estimate of drug-likeness (QED) is 0.903. The fraction of sp³-hybridized carbons (Fsp3) is 0.600. The Labute approximate surface area is 128 Å². The normalized spacial score (nSPS) is 35.2. The Bertz CT molecular complexity index is 572. The van der Waals surface area contributed by atoms with Crippen LogP contribution in [-0.4, -0.2) is 26.2 Å². The van der Waals surface area contributed by atoms with Crippen molar-refractivity contribution in [2.24, 2.45) is 0 Å². The molecule has 22 heavy (non-hydrogen) atoms. The van der Waals surface area contributed by atoms with Crippen molar-refractivity contribution in [2.75, 3.05) is 0 Å². The second-order valence-electron chi connectivity index (χ2n) is 6.02. The van der Waals surface area contributed by atoms with Gasteiger partial charge in [-0.3, -0.25) is 4.21 Å². The lowest BCUT2D eigenvalue weighted by atomic mass is 9.80. The smallest absolute Gasteiger partial charge is 0.406 e. The summed E-state index contributed by atoms with van der Waals surface area (Å²) < 4.78 is 53.1. The zero-order valence-electron chi connectivity index (χ0n) is 11.8. The minimum absolute atomic E-state index is 0.0790. The monoisotopic (exact) mass is 334 g/mol. The summed E-state index contributed by atoms with van der Waals surface area (Å²) in [7, 11) is -0.949. The number of hydrogen-bond donors (Lipinski definition) is 1. The average Bonchev–Trinajstić information content (AvgIpc) is 2.39. The summed E-state index contributed by atoms with van der Waals surface area (Å²) in [5.41, 5.74) is -0.822. The van der Waals surface area contributed by atoms with Crippen LogP contribution < -0.4 is 4.74 Å². The van der Waals surface area contributed by atoms with E-state index in [1.165, 1.54) is 18.2 Å². The zero-order valence-corrected chi connectivity index (χ0v) is 12.6. The molecule has 2 unspecified atom stereocenters. The standard InChI is InChI=1S/C15H17F3O3S/c16-15(17,18)21-11-4-1-3-10(7-11)14(19)8-12-5-2-6-13(9-14)22(12)20/h1,3-4,7,12-13,19H,2,5-6,8-9H2. The summed E-state index contributed by atoms with van der Waals surface area (Å²) in [6.07, 6.45) is -1.52. The van der Waals surface area contributed by atoms with Crippen LogP contribution in [0.4, 0.5) is 13.2 Å². The summed E-state index contributed by atoms with van der Waals surface area (Å²) in [5.74, 6) is -0.338. The van der Waals surface area contributed by atoms with Crippen LogP contribution in [-0.2, 0) is 16.4 Å². The molecule has 122 valence electrons. The molecule has 2 saturated heterocycles. The average molecular weight is 334 g/mol. The molecule has 2 heterocycles. The lowest BCUT2D eigenvalue weighted by Gasteiger charge is -2.43. The van der Waals surface area contributed by atoms with Gasteiger partial charge in [-0.05, 0) is 43.4 Å². The Morgan fingerprint density at radius 2 is 1.86 bits per heavy atom. The Morgan fingerprint density at radius 1 is 1.23 bits per heavy atom. The van der Waals surface area contributed by atoms with E-state index in [-0.39, 0.29) is 16.2 Å². The van der Waals surface area contributed by atoms with Gasteiger partial charge in [0.25, 0.3) is 0 Å². The maximum Gasteiger partial charge on any atom is 0.573 e. The summed E-state index contributed by atoms with van der Waals surface area (Å²) in [5, 5.41) is 10.8. The van der Waals surface area contributed by atoms with E-state index in [0.717, 1.165) is 19.3 Å². The van der Waals surface area contributed by atoms with E-state index < -0.39 is 22.8 Å². The number of alkyl halides is 3. The van der Waals surface area contributed by atoms with Gasteiger partial charge < -0.3 is 9.84 Å². The van der Waals surface area contributed by atoms with Gasteiger partial charge in [0.1, 0.15) is 5.75 Å². The number of benzene rings is 1. The molecule has 2 aliphatic heterocycles. The molecule has 0 spiro atoms. The predicted molar refractivity (Wildman–Crippen MR) is 75.8 cm³/mol. The number of halogens is 3. The van der Waals surface area contributed by atoms with Crippen molar-refractivity contribution in [3.8, 4) is 5.75 Å². The minimum Gasteiger partial charge on any atom is -0.406 e. The Hall–Kier alpha value is -1.08. The molecule has 2 fully saturated rings. The Kier molecular flexibility index (Phi) is 3.97. The van der Waals surface area contributed by atoms with Crippen LogP contribution in [0.5, 0.6) is 5.75 Å². The molecule has 2 aliphatic rings. The fourth-order valence-corrected chi connectivity index (χ4v) is 5.72. The first-order chi connectivity index (χ1) is 10.3. The summed E-state index contributed by atoms with van der Waals surface area (Å²) in [4.78, 5) is 0. The maximum atomic E-state index is 12.3. The number of ether oxygens (including phenoxy) is 1. The predicted octanol–water partition coefficient (Wildman–Crippen LogP) is 3.24. The van der Waals surface area contributed by atoms with Gasteiger partial charge in [0.15, 0.2) is 0 Å². The molecule has 1 N–H and O–H groups in total. The van der Waals surface area contributed by atoms with Gasteiger partial charge in [-0.2, -0.15) is 0 Å². The second kappa shape index (κ2) is 5.53. The van der Waals surface area contributed by atoms with Crippen molar-refractivity contribution in [2.45, 2.75) is 54.6 Å². The van der Waals surface area contributed by atoms with E-state index in [9.17, 15) is 22.5 Å². The van der Waals surface area contributed by atoms with Crippen molar-refractivity contribution in [3.05, 3.63) is 29.8 Å². The highest BCUT2D eigenvalue weighted by atomic mass is 32.2. The Balaban J connectivity index is 1.87. The largest absolute Gasteiger partial charge is 0.573 e. The van der Waals surface area contributed by atoms with Gasteiger partial charge in [0.05, 0.1) is 5.60 Å². The summed E-state index contributed by atoms with van der Waals surface area (Å²) >= 11 is 0. The molecule has 2 bridgehead atoms. The van der Waals surface area contributed by atoms with E-state index in [0.29, 0.717) is 18.4 Å². The first-order valence-corrected chi connectivity index (χ1v) is 8.52. The molecule has 0 saturated carbocycles. The maximum absolute atomic E-state index is 12.3. The lowest BCUT2D eigenvalue weighted by molar-refractivity contribution is -0.274. The van der Waals surface area contributed by atoms with E-state index >= 15 is 0 Å². The van der Waals surface area contributed by atoms with Gasteiger partial charge in [-0.25, -0.2) is 0 Å². The molecule has 0 aromatic heterocycles. The van der Waals surface area contributed by atoms with E-state index in [1.807, 2.05) is 0 Å².